The van der Waals surface area contributed by atoms with E-state index in [-0.39, 0.29) is 5.76 Å². The van der Waals surface area contributed by atoms with Crippen molar-refractivity contribution in [3.05, 3.63) is 51.7 Å². The van der Waals surface area contributed by atoms with Gasteiger partial charge in [-0.15, -0.1) is 0 Å². The van der Waals surface area contributed by atoms with E-state index in [4.69, 9.17) is 18.6 Å². The molecule has 2 aromatic carbocycles. The molecule has 0 saturated heterocycles. The molecule has 0 saturated carbocycles. The molecule has 1 heterocycles. The third kappa shape index (κ3) is 3.87. The lowest BCUT2D eigenvalue weighted by molar-refractivity contribution is 0.0918. The number of ether oxygens (including phenoxy) is 3. The minimum atomic E-state index is -0.949. The largest absolute Gasteiger partial charge is 0.493 e. The van der Waals surface area contributed by atoms with Crippen LogP contribution in [-0.4, -0.2) is 27.2 Å². The van der Waals surface area contributed by atoms with Crippen molar-refractivity contribution < 1.29 is 23.4 Å². The monoisotopic (exact) mass is 458 g/mol. The quantitative estimate of drug-likeness (QED) is 0.583. The van der Waals surface area contributed by atoms with Gasteiger partial charge in [-0.2, -0.15) is 5.26 Å². The minimum Gasteiger partial charge on any atom is -0.493 e. The third-order valence-electron chi connectivity index (χ3n) is 4.53. The highest BCUT2D eigenvalue weighted by molar-refractivity contribution is 9.10. The molecular formula is C21H19BrN2O5. The number of carbonyl (C=O) groups is 1. The van der Waals surface area contributed by atoms with Gasteiger partial charge in [0.1, 0.15) is 11.6 Å². The summed E-state index contributed by atoms with van der Waals surface area (Å²) in [5.74, 6) is 0.851. The van der Waals surface area contributed by atoms with E-state index in [0.29, 0.717) is 34.0 Å². The number of halogens is 1. The second-order valence-electron chi connectivity index (χ2n) is 6.19. The summed E-state index contributed by atoms with van der Waals surface area (Å²) in [4.78, 5) is 12.8. The fourth-order valence-electron chi connectivity index (χ4n) is 3.06. The molecule has 0 aliphatic heterocycles. The van der Waals surface area contributed by atoms with Gasteiger partial charge in [-0.3, -0.25) is 4.79 Å². The van der Waals surface area contributed by atoms with E-state index in [9.17, 15) is 10.1 Å². The Kier molecular flexibility index (Phi) is 5.99. The van der Waals surface area contributed by atoms with Gasteiger partial charge in [-0.05, 0) is 42.8 Å². The third-order valence-corrected chi connectivity index (χ3v) is 5.02. The molecule has 7 nitrogen and oxygen atoms in total. The van der Waals surface area contributed by atoms with Crippen molar-refractivity contribution in [2.45, 2.75) is 13.0 Å². The molecule has 150 valence electrons. The van der Waals surface area contributed by atoms with E-state index in [0.717, 1.165) is 9.86 Å². The number of nitriles is 1. The number of fused-ring (bicyclic) bond motifs is 1. The van der Waals surface area contributed by atoms with Gasteiger partial charge in [0.25, 0.3) is 5.91 Å². The predicted molar refractivity (Wildman–Crippen MR) is 111 cm³/mol. The number of furan rings is 1. The van der Waals surface area contributed by atoms with Gasteiger partial charge in [-0.1, -0.05) is 15.9 Å². The second kappa shape index (κ2) is 8.45. The second-order valence-corrected chi connectivity index (χ2v) is 7.11. The number of rotatable bonds is 6. The van der Waals surface area contributed by atoms with Gasteiger partial charge in [0.15, 0.2) is 17.3 Å². The molecule has 1 aromatic heterocycles. The van der Waals surface area contributed by atoms with Crippen LogP contribution >= 0.6 is 15.9 Å². The summed E-state index contributed by atoms with van der Waals surface area (Å²) in [5, 5.41) is 13.2. The van der Waals surface area contributed by atoms with Crippen LogP contribution in [0.5, 0.6) is 17.2 Å². The predicted octanol–water partition coefficient (Wildman–Crippen LogP) is 4.52. The Bertz CT molecular complexity index is 1090. The summed E-state index contributed by atoms with van der Waals surface area (Å²) in [7, 11) is 4.46. The van der Waals surface area contributed by atoms with Gasteiger partial charge < -0.3 is 23.9 Å². The SMILES string of the molecule is COc1cc(C(C#N)NC(=O)c2oc3ccc(Br)cc3c2C)cc(OC)c1OC. The number of carbonyl (C=O) groups excluding carboxylic acids is 1. The summed E-state index contributed by atoms with van der Waals surface area (Å²) < 4.78 is 22.5. The Balaban J connectivity index is 1.95. The molecule has 0 spiro atoms. The first-order valence-corrected chi connectivity index (χ1v) is 9.41. The first kappa shape index (κ1) is 20.6. The van der Waals surface area contributed by atoms with E-state index >= 15 is 0 Å². The molecule has 1 N–H and O–H groups in total. The van der Waals surface area contributed by atoms with Gasteiger partial charge in [0.05, 0.1) is 27.4 Å². The summed E-state index contributed by atoms with van der Waals surface area (Å²) in [5.41, 5.74) is 1.78. The summed E-state index contributed by atoms with van der Waals surface area (Å²) in [6.07, 6.45) is 0. The van der Waals surface area contributed by atoms with Crippen LogP contribution in [0.15, 0.2) is 39.2 Å². The Labute approximate surface area is 176 Å². The summed E-state index contributed by atoms with van der Waals surface area (Å²) in [6, 6.07) is 9.88. The van der Waals surface area contributed by atoms with Gasteiger partial charge >= 0.3 is 0 Å². The van der Waals surface area contributed by atoms with Crippen LogP contribution in [0.4, 0.5) is 0 Å². The number of hydrogen-bond donors (Lipinski definition) is 1. The molecule has 0 bridgehead atoms. The van der Waals surface area contributed by atoms with E-state index in [1.807, 2.05) is 12.1 Å². The zero-order chi connectivity index (χ0) is 21.1. The average Bonchev–Trinajstić information content (AvgIpc) is 3.06. The number of amides is 1. The van der Waals surface area contributed by atoms with Gasteiger partial charge in [-0.25, -0.2) is 0 Å². The normalized spacial score (nSPS) is 11.6. The minimum absolute atomic E-state index is 0.158. The fraction of sp³-hybridized carbons (Fsp3) is 0.238. The van der Waals surface area contributed by atoms with Crippen molar-refractivity contribution in [2.75, 3.05) is 21.3 Å². The van der Waals surface area contributed by atoms with Crippen molar-refractivity contribution in [1.29, 1.82) is 5.26 Å². The van der Waals surface area contributed by atoms with E-state index in [1.54, 1.807) is 25.1 Å². The first-order chi connectivity index (χ1) is 13.9. The number of hydrogen-bond acceptors (Lipinski definition) is 6. The van der Waals surface area contributed by atoms with Gasteiger partial charge in [0, 0.05) is 15.4 Å². The summed E-state index contributed by atoms with van der Waals surface area (Å²) >= 11 is 3.41. The standard InChI is InChI=1S/C21H19BrN2O5/c1-11-14-9-13(22)5-6-16(14)29-19(11)21(25)24-15(10-23)12-7-17(26-2)20(28-4)18(8-12)27-3/h5-9,15H,1-4H3,(H,24,25). The smallest absolute Gasteiger partial charge is 0.288 e. The van der Waals surface area contributed by atoms with Crippen LogP contribution in [0.1, 0.15) is 27.7 Å². The highest BCUT2D eigenvalue weighted by Crippen LogP contribution is 2.39. The highest BCUT2D eigenvalue weighted by Gasteiger charge is 2.24. The molecule has 0 fully saturated rings. The molecule has 1 atom stereocenters. The van der Waals surface area contributed by atoms with E-state index in [1.165, 1.54) is 21.3 Å². The number of benzene rings is 2. The zero-order valence-corrected chi connectivity index (χ0v) is 17.9. The molecule has 0 aliphatic carbocycles. The average molecular weight is 459 g/mol. The lowest BCUT2D eigenvalue weighted by Gasteiger charge is -2.17. The lowest BCUT2D eigenvalue weighted by Crippen LogP contribution is -2.27. The Morgan fingerprint density at radius 3 is 2.34 bits per heavy atom. The number of aryl methyl sites for hydroxylation is 1. The molecule has 0 aliphatic rings. The van der Waals surface area contributed by atoms with Crippen LogP contribution in [0.2, 0.25) is 0 Å². The fourth-order valence-corrected chi connectivity index (χ4v) is 3.43. The van der Waals surface area contributed by atoms with Gasteiger partial charge in [0.2, 0.25) is 5.75 Å². The maximum absolute atomic E-state index is 12.8. The highest BCUT2D eigenvalue weighted by atomic mass is 79.9. The van der Waals surface area contributed by atoms with Crippen LogP contribution in [0.25, 0.3) is 11.0 Å². The molecule has 0 radical (unpaired) electrons. The maximum atomic E-state index is 12.8. The van der Waals surface area contributed by atoms with Crippen LogP contribution in [0, 0.1) is 18.3 Å². The maximum Gasteiger partial charge on any atom is 0.288 e. The number of nitrogens with one attached hydrogen (secondary N) is 1. The molecule has 3 aromatic rings. The van der Waals surface area contributed by atoms with E-state index in [2.05, 4.69) is 27.3 Å². The molecule has 29 heavy (non-hydrogen) atoms. The van der Waals surface area contributed by atoms with Crippen molar-refractivity contribution >= 4 is 32.8 Å². The van der Waals surface area contributed by atoms with Crippen molar-refractivity contribution in [2.24, 2.45) is 0 Å². The van der Waals surface area contributed by atoms with Crippen LogP contribution in [0.3, 0.4) is 0 Å². The Hall–Kier alpha value is -3.18. The Morgan fingerprint density at radius 2 is 1.79 bits per heavy atom. The number of nitrogens with zero attached hydrogens (tertiary/aromatic N) is 1. The molecule has 1 unspecified atom stereocenters. The van der Waals surface area contributed by atoms with Crippen molar-refractivity contribution in [1.82, 2.24) is 5.32 Å². The summed E-state index contributed by atoms with van der Waals surface area (Å²) in [6.45, 7) is 1.80. The van der Waals surface area contributed by atoms with Crippen molar-refractivity contribution in [3.63, 3.8) is 0 Å². The molecule has 3 rings (SSSR count). The molecular weight excluding hydrogens is 440 g/mol. The first-order valence-electron chi connectivity index (χ1n) is 8.62. The zero-order valence-electron chi connectivity index (χ0n) is 16.3. The lowest BCUT2D eigenvalue weighted by atomic mass is 10.1. The Morgan fingerprint density at radius 1 is 1.14 bits per heavy atom. The number of methoxy groups -OCH3 is 3. The van der Waals surface area contributed by atoms with E-state index < -0.39 is 11.9 Å². The van der Waals surface area contributed by atoms with Crippen LogP contribution in [-0.2, 0) is 0 Å². The van der Waals surface area contributed by atoms with Crippen molar-refractivity contribution in [3.8, 4) is 23.3 Å². The molecule has 1 amide bonds. The molecule has 8 heteroatoms. The topological polar surface area (TPSA) is 93.7 Å². The van der Waals surface area contributed by atoms with Crippen LogP contribution < -0.4 is 19.5 Å².